The Bertz CT molecular complexity index is 1600. The third-order valence-electron chi connectivity index (χ3n) is 8.81. The third-order valence-corrected chi connectivity index (χ3v) is 10.7. The number of nitrogens with zero attached hydrogens (tertiary/aromatic N) is 6. The first kappa shape index (κ1) is 30.5. The van der Waals surface area contributed by atoms with E-state index in [1.807, 2.05) is 29.2 Å². The van der Waals surface area contributed by atoms with Crippen LogP contribution in [0.3, 0.4) is 0 Å². The second-order valence-electron chi connectivity index (χ2n) is 13.0. The van der Waals surface area contributed by atoms with Gasteiger partial charge in [-0.1, -0.05) is 43.9 Å². The molecule has 1 aromatic carbocycles. The molecule has 3 aliphatic rings. The van der Waals surface area contributed by atoms with Crippen LogP contribution >= 0.6 is 11.6 Å². The number of rotatable bonds is 9. The predicted molar refractivity (Wildman–Crippen MR) is 166 cm³/mol. The van der Waals surface area contributed by atoms with E-state index in [0.29, 0.717) is 36.5 Å². The van der Waals surface area contributed by atoms with E-state index in [-0.39, 0.29) is 47.6 Å². The van der Waals surface area contributed by atoms with Gasteiger partial charge in [-0.3, -0.25) is 4.90 Å². The van der Waals surface area contributed by atoms with Gasteiger partial charge in [0.2, 0.25) is 5.28 Å². The van der Waals surface area contributed by atoms with Crippen LogP contribution in [0, 0.1) is 0 Å². The third kappa shape index (κ3) is 5.46. The summed E-state index contributed by atoms with van der Waals surface area (Å²) in [5.74, 6) is -0.392. The van der Waals surface area contributed by atoms with Crippen molar-refractivity contribution in [1.82, 2.24) is 24.6 Å². The zero-order valence-electron chi connectivity index (χ0n) is 25.3. The minimum absolute atomic E-state index is 0.0859. The number of amides is 1. The molecule has 2 aliphatic heterocycles. The Hall–Kier alpha value is -3.52. The summed E-state index contributed by atoms with van der Waals surface area (Å²) in [6.07, 6.45) is 2.18. The molecule has 2 fully saturated rings. The number of methoxy groups -OCH3 is 1. The molecular formula is C30H37ClN6O6Si. The lowest BCUT2D eigenvalue weighted by Crippen LogP contribution is -2.56. The monoisotopic (exact) mass is 640 g/mol. The topological polar surface area (TPSA) is 143 Å². The SMILES string of the molecule is COC(=O)c1c(CC2(O)c3ccccc3-c3nn(COCC[Si](C)(C)C)cc32)nc(Cl)nc1N1C[C@H]2CC[C@@H](C1)N2C(=O)O. The molecule has 234 valence electrons. The molecule has 1 unspecified atom stereocenters. The van der Waals surface area contributed by atoms with Gasteiger partial charge in [0.25, 0.3) is 0 Å². The summed E-state index contributed by atoms with van der Waals surface area (Å²) in [7, 11) is 0.0277. The highest BCUT2D eigenvalue weighted by Crippen LogP contribution is 2.49. The number of benzene rings is 1. The predicted octanol–water partition coefficient (Wildman–Crippen LogP) is 4.22. The number of piperazine rings is 1. The number of hydrogen-bond donors (Lipinski definition) is 2. The van der Waals surface area contributed by atoms with Gasteiger partial charge in [-0.2, -0.15) is 10.1 Å². The molecule has 12 nitrogen and oxygen atoms in total. The van der Waals surface area contributed by atoms with Crippen LogP contribution in [0.4, 0.5) is 10.6 Å². The van der Waals surface area contributed by atoms with E-state index in [1.54, 1.807) is 10.9 Å². The van der Waals surface area contributed by atoms with E-state index >= 15 is 0 Å². The fraction of sp³-hybridized carbons (Fsp3) is 0.500. The number of hydrogen-bond acceptors (Lipinski definition) is 9. The van der Waals surface area contributed by atoms with Gasteiger partial charge in [0.05, 0.1) is 30.6 Å². The summed E-state index contributed by atoms with van der Waals surface area (Å²) in [4.78, 5) is 37.5. The van der Waals surface area contributed by atoms with Crippen molar-refractivity contribution in [2.45, 2.75) is 69.4 Å². The molecule has 3 aromatic rings. The molecule has 0 radical (unpaired) electrons. The first-order valence-electron chi connectivity index (χ1n) is 14.8. The molecule has 3 atom stereocenters. The zero-order valence-corrected chi connectivity index (χ0v) is 27.0. The van der Waals surface area contributed by atoms with E-state index in [9.17, 15) is 19.8 Å². The molecule has 44 heavy (non-hydrogen) atoms. The molecule has 14 heteroatoms. The van der Waals surface area contributed by atoms with Crippen molar-refractivity contribution in [2.24, 2.45) is 0 Å². The number of carboxylic acid groups (broad SMARTS) is 1. The molecular weight excluding hydrogens is 604 g/mol. The number of aromatic nitrogens is 4. The van der Waals surface area contributed by atoms with Crippen molar-refractivity contribution >= 4 is 37.6 Å². The Kier molecular flexibility index (Phi) is 7.93. The number of carbonyl (C=O) groups excluding carboxylic acids is 1. The average Bonchev–Trinajstić information content (AvgIpc) is 3.59. The lowest BCUT2D eigenvalue weighted by atomic mass is 9.86. The van der Waals surface area contributed by atoms with Gasteiger partial charge in [-0.25, -0.2) is 19.3 Å². The molecule has 6 rings (SSSR count). The lowest BCUT2D eigenvalue weighted by molar-refractivity contribution is 0.0590. The standard InChI is InChI=1S/C30H37ClN6O6Si/c1-42-27(38)24-23(32-28(31)33-26(24)35-14-18-9-10-19(15-35)37(18)29(39)40)13-30(41)21-8-6-5-7-20(21)25-22(30)16-36(34-25)17-43-11-12-44(2,3)4/h5-8,16,18-19,41H,9-15,17H2,1-4H3,(H,39,40)/t18-,19+,30?. The normalized spacial score (nSPS) is 22.2. The summed E-state index contributed by atoms with van der Waals surface area (Å²) < 4.78 is 12.8. The Labute approximate surface area is 261 Å². The minimum Gasteiger partial charge on any atom is -0.465 e. The molecule has 1 amide bonds. The van der Waals surface area contributed by atoms with Crippen LogP contribution in [-0.2, 0) is 28.2 Å². The Morgan fingerprint density at radius 3 is 2.48 bits per heavy atom. The number of aliphatic hydroxyl groups is 1. The minimum atomic E-state index is -1.58. The number of fused-ring (bicyclic) bond motifs is 5. The summed E-state index contributed by atoms with van der Waals surface area (Å²) in [5.41, 5.74) is 1.38. The van der Waals surface area contributed by atoms with Gasteiger partial charge in [-0.15, -0.1) is 0 Å². The molecule has 2 bridgehead atoms. The van der Waals surface area contributed by atoms with Crippen molar-refractivity contribution in [3.63, 3.8) is 0 Å². The number of carbonyl (C=O) groups is 2. The maximum Gasteiger partial charge on any atom is 0.407 e. The number of esters is 1. The second kappa shape index (κ2) is 11.4. The van der Waals surface area contributed by atoms with Gasteiger partial charge >= 0.3 is 12.1 Å². The number of anilines is 1. The molecule has 4 heterocycles. The largest absolute Gasteiger partial charge is 0.465 e. The van der Waals surface area contributed by atoms with Crippen LogP contribution in [0.15, 0.2) is 30.5 Å². The molecule has 2 aromatic heterocycles. The van der Waals surface area contributed by atoms with Gasteiger partial charge in [0.1, 0.15) is 23.7 Å². The maximum absolute atomic E-state index is 13.4. The highest BCUT2D eigenvalue weighted by atomic mass is 35.5. The van der Waals surface area contributed by atoms with Gasteiger partial charge in [0.15, 0.2) is 0 Å². The molecule has 1 aliphatic carbocycles. The van der Waals surface area contributed by atoms with Gasteiger partial charge in [-0.05, 0) is 36.1 Å². The van der Waals surface area contributed by atoms with Crippen molar-refractivity contribution in [3.8, 4) is 11.3 Å². The second-order valence-corrected chi connectivity index (χ2v) is 18.9. The van der Waals surface area contributed by atoms with Crippen LogP contribution in [-0.4, -0.2) is 93.9 Å². The van der Waals surface area contributed by atoms with Crippen molar-refractivity contribution in [1.29, 1.82) is 0 Å². The quantitative estimate of drug-likeness (QED) is 0.151. The fourth-order valence-corrected chi connectivity index (χ4v) is 7.61. The van der Waals surface area contributed by atoms with E-state index in [4.69, 9.17) is 26.2 Å². The van der Waals surface area contributed by atoms with Crippen LogP contribution < -0.4 is 4.90 Å². The summed E-state index contributed by atoms with van der Waals surface area (Å²) in [6.45, 7) is 8.46. The van der Waals surface area contributed by atoms with Crippen LogP contribution in [0.1, 0.15) is 40.0 Å². The molecule has 2 saturated heterocycles. The lowest BCUT2D eigenvalue weighted by Gasteiger charge is -2.40. The maximum atomic E-state index is 13.4. The van der Waals surface area contributed by atoms with Crippen LogP contribution in [0.2, 0.25) is 31.0 Å². The molecule has 2 N–H and O–H groups in total. The van der Waals surface area contributed by atoms with E-state index in [2.05, 4.69) is 29.6 Å². The zero-order chi connectivity index (χ0) is 31.4. The number of ether oxygens (including phenoxy) is 2. The van der Waals surface area contributed by atoms with Crippen molar-refractivity contribution in [2.75, 3.05) is 31.7 Å². The molecule has 0 saturated carbocycles. The Morgan fingerprint density at radius 2 is 1.82 bits per heavy atom. The van der Waals surface area contributed by atoms with Crippen LogP contribution in [0.5, 0.6) is 0 Å². The van der Waals surface area contributed by atoms with E-state index in [0.717, 1.165) is 24.4 Å². The van der Waals surface area contributed by atoms with Gasteiger partial charge in [0, 0.05) is 51.5 Å². The summed E-state index contributed by atoms with van der Waals surface area (Å²) in [5, 5.41) is 26.9. The van der Waals surface area contributed by atoms with E-state index in [1.165, 1.54) is 12.0 Å². The van der Waals surface area contributed by atoms with Crippen molar-refractivity contribution in [3.05, 3.63) is 58.1 Å². The fourth-order valence-electron chi connectivity index (χ4n) is 6.67. The average molecular weight is 641 g/mol. The van der Waals surface area contributed by atoms with Crippen molar-refractivity contribution < 1.29 is 29.3 Å². The van der Waals surface area contributed by atoms with Crippen LogP contribution in [0.25, 0.3) is 11.3 Å². The van der Waals surface area contributed by atoms with Gasteiger partial charge < -0.3 is 24.6 Å². The first-order valence-corrected chi connectivity index (χ1v) is 18.9. The number of halogens is 1. The molecule has 0 spiro atoms. The van der Waals surface area contributed by atoms with E-state index < -0.39 is 25.7 Å². The Morgan fingerprint density at radius 1 is 1.11 bits per heavy atom. The Balaban J connectivity index is 1.36. The summed E-state index contributed by atoms with van der Waals surface area (Å²) >= 11 is 6.48. The summed E-state index contributed by atoms with van der Waals surface area (Å²) in [6, 6.07) is 8.05. The smallest absolute Gasteiger partial charge is 0.407 e. The first-order chi connectivity index (χ1) is 20.9. The highest BCUT2D eigenvalue weighted by molar-refractivity contribution is 6.76. The highest BCUT2D eigenvalue weighted by Gasteiger charge is 2.47.